The van der Waals surface area contributed by atoms with E-state index in [1.807, 2.05) is 12.3 Å². The van der Waals surface area contributed by atoms with Crippen molar-refractivity contribution in [1.29, 1.82) is 0 Å². The molecule has 0 amide bonds. The Balaban J connectivity index is 1.62. The van der Waals surface area contributed by atoms with Crippen molar-refractivity contribution in [2.24, 2.45) is 5.92 Å². The maximum atomic E-state index is 10.7. The van der Waals surface area contributed by atoms with Crippen LogP contribution in [0.25, 0.3) is 0 Å². The zero-order chi connectivity index (χ0) is 14.0. The topological polar surface area (TPSA) is 45.1 Å². The SMILES string of the molecule is CC1CCC(O)(CNC2CCCc3cccnc32)CC1. The van der Waals surface area contributed by atoms with Gasteiger partial charge in [-0.1, -0.05) is 13.0 Å². The third-order valence-corrected chi connectivity index (χ3v) is 5.08. The molecule has 1 unspecified atom stereocenters. The third kappa shape index (κ3) is 3.04. The van der Waals surface area contributed by atoms with Crippen LogP contribution in [0.2, 0.25) is 0 Å². The molecule has 1 heterocycles. The van der Waals surface area contributed by atoms with Gasteiger partial charge in [0.1, 0.15) is 0 Å². The number of hydrogen-bond donors (Lipinski definition) is 2. The van der Waals surface area contributed by atoms with Crippen molar-refractivity contribution in [3.8, 4) is 0 Å². The number of pyridine rings is 1. The molecule has 20 heavy (non-hydrogen) atoms. The van der Waals surface area contributed by atoms with Crippen molar-refractivity contribution in [2.45, 2.75) is 63.5 Å². The second-order valence-electron chi connectivity index (χ2n) is 6.78. The summed E-state index contributed by atoms with van der Waals surface area (Å²) in [6.07, 6.45) is 9.54. The minimum Gasteiger partial charge on any atom is -0.389 e. The van der Waals surface area contributed by atoms with Crippen LogP contribution in [0.4, 0.5) is 0 Å². The largest absolute Gasteiger partial charge is 0.389 e. The van der Waals surface area contributed by atoms with E-state index in [1.54, 1.807) is 0 Å². The van der Waals surface area contributed by atoms with Crippen LogP contribution in [-0.2, 0) is 6.42 Å². The van der Waals surface area contributed by atoms with Gasteiger partial charge in [0.25, 0.3) is 0 Å². The summed E-state index contributed by atoms with van der Waals surface area (Å²) in [6, 6.07) is 4.54. The Kier molecular flexibility index (Phi) is 4.08. The molecule has 1 atom stereocenters. The highest BCUT2D eigenvalue weighted by Crippen LogP contribution is 2.33. The third-order valence-electron chi connectivity index (χ3n) is 5.08. The summed E-state index contributed by atoms with van der Waals surface area (Å²) >= 11 is 0. The number of nitrogens with one attached hydrogen (secondary N) is 1. The lowest BCUT2D eigenvalue weighted by molar-refractivity contribution is -0.00870. The Morgan fingerprint density at radius 3 is 2.95 bits per heavy atom. The molecule has 2 N–H and O–H groups in total. The molecular weight excluding hydrogens is 248 g/mol. The maximum absolute atomic E-state index is 10.7. The van der Waals surface area contributed by atoms with Gasteiger partial charge in [-0.15, -0.1) is 0 Å². The van der Waals surface area contributed by atoms with Gasteiger partial charge in [-0.2, -0.15) is 0 Å². The van der Waals surface area contributed by atoms with Gasteiger partial charge in [-0.25, -0.2) is 0 Å². The molecule has 3 rings (SSSR count). The summed E-state index contributed by atoms with van der Waals surface area (Å²) in [4.78, 5) is 4.56. The van der Waals surface area contributed by atoms with E-state index < -0.39 is 5.60 Å². The summed E-state index contributed by atoms with van der Waals surface area (Å²) in [5.74, 6) is 0.771. The molecule has 0 spiro atoms. The van der Waals surface area contributed by atoms with Crippen LogP contribution >= 0.6 is 0 Å². The smallest absolute Gasteiger partial charge is 0.0772 e. The van der Waals surface area contributed by atoms with Gasteiger partial charge in [0, 0.05) is 18.8 Å². The molecule has 1 fully saturated rings. The fourth-order valence-electron chi connectivity index (χ4n) is 3.60. The van der Waals surface area contributed by atoms with Crippen LogP contribution in [0.5, 0.6) is 0 Å². The van der Waals surface area contributed by atoms with E-state index in [2.05, 4.69) is 23.3 Å². The summed E-state index contributed by atoms with van der Waals surface area (Å²) in [6.45, 7) is 2.99. The number of aromatic nitrogens is 1. The van der Waals surface area contributed by atoms with Crippen LogP contribution in [0, 0.1) is 5.92 Å². The Bertz CT molecular complexity index is 452. The van der Waals surface area contributed by atoms with Crippen LogP contribution in [-0.4, -0.2) is 22.2 Å². The highest BCUT2D eigenvalue weighted by molar-refractivity contribution is 5.25. The molecule has 2 aliphatic carbocycles. The fourth-order valence-corrected chi connectivity index (χ4v) is 3.60. The molecule has 1 saturated carbocycles. The van der Waals surface area contributed by atoms with Crippen molar-refractivity contribution < 1.29 is 5.11 Å². The molecule has 0 aliphatic heterocycles. The van der Waals surface area contributed by atoms with Crippen molar-refractivity contribution in [1.82, 2.24) is 10.3 Å². The zero-order valence-corrected chi connectivity index (χ0v) is 12.4. The monoisotopic (exact) mass is 274 g/mol. The quantitative estimate of drug-likeness (QED) is 0.890. The number of aryl methyl sites for hydroxylation is 1. The van der Waals surface area contributed by atoms with E-state index in [-0.39, 0.29) is 0 Å². The van der Waals surface area contributed by atoms with Crippen molar-refractivity contribution in [3.05, 3.63) is 29.6 Å². The lowest BCUT2D eigenvalue weighted by atomic mass is 9.79. The van der Waals surface area contributed by atoms with E-state index in [1.165, 1.54) is 17.7 Å². The summed E-state index contributed by atoms with van der Waals surface area (Å²) in [5.41, 5.74) is 2.07. The first kappa shape index (κ1) is 14.0. The molecule has 3 nitrogen and oxygen atoms in total. The number of nitrogens with zero attached hydrogens (tertiary/aromatic N) is 1. The standard InChI is InChI=1S/C17H26N2O/c1-13-7-9-17(20,10-8-13)12-19-15-6-2-4-14-5-3-11-18-16(14)15/h3,5,11,13,15,19-20H,2,4,6-10,12H2,1H3. The molecule has 0 saturated heterocycles. The number of fused-ring (bicyclic) bond motifs is 1. The first-order valence-corrected chi connectivity index (χ1v) is 8.06. The highest BCUT2D eigenvalue weighted by Gasteiger charge is 2.33. The van der Waals surface area contributed by atoms with E-state index in [9.17, 15) is 5.11 Å². The Morgan fingerprint density at radius 2 is 2.15 bits per heavy atom. The highest BCUT2D eigenvalue weighted by atomic mass is 16.3. The molecule has 110 valence electrons. The van der Waals surface area contributed by atoms with Crippen LogP contribution in [0.15, 0.2) is 18.3 Å². The van der Waals surface area contributed by atoms with Crippen molar-refractivity contribution in [3.63, 3.8) is 0 Å². The number of aliphatic hydroxyl groups is 1. The number of hydrogen-bond acceptors (Lipinski definition) is 3. The normalized spacial score (nSPS) is 33.7. The first-order valence-electron chi connectivity index (χ1n) is 8.06. The predicted molar refractivity (Wildman–Crippen MR) is 80.5 cm³/mol. The van der Waals surface area contributed by atoms with Gasteiger partial charge in [0.2, 0.25) is 0 Å². The Hall–Kier alpha value is -0.930. The molecule has 0 radical (unpaired) electrons. The molecule has 0 aromatic carbocycles. The summed E-state index contributed by atoms with van der Waals surface area (Å²) < 4.78 is 0. The molecular formula is C17H26N2O. The number of rotatable bonds is 3. The molecule has 0 bridgehead atoms. The summed E-state index contributed by atoms with van der Waals surface area (Å²) in [7, 11) is 0. The molecule has 3 heteroatoms. The fraction of sp³-hybridized carbons (Fsp3) is 0.706. The minimum absolute atomic E-state index is 0.323. The van der Waals surface area contributed by atoms with E-state index in [0.717, 1.165) is 44.4 Å². The van der Waals surface area contributed by atoms with E-state index in [0.29, 0.717) is 12.6 Å². The lowest BCUT2D eigenvalue weighted by Crippen LogP contribution is -2.45. The second kappa shape index (κ2) is 5.82. The van der Waals surface area contributed by atoms with Crippen LogP contribution in [0.3, 0.4) is 0 Å². The first-order chi connectivity index (χ1) is 9.66. The molecule has 1 aromatic heterocycles. The predicted octanol–water partition coefficient (Wildman–Crippen LogP) is 2.99. The minimum atomic E-state index is -0.501. The average Bonchev–Trinajstić information content (AvgIpc) is 2.49. The molecule has 2 aliphatic rings. The Labute approximate surface area is 121 Å². The van der Waals surface area contributed by atoms with Crippen LogP contribution in [0.1, 0.15) is 62.7 Å². The van der Waals surface area contributed by atoms with Crippen molar-refractivity contribution in [2.75, 3.05) is 6.54 Å². The molecule has 1 aromatic rings. The van der Waals surface area contributed by atoms with E-state index >= 15 is 0 Å². The second-order valence-corrected chi connectivity index (χ2v) is 6.78. The zero-order valence-electron chi connectivity index (χ0n) is 12.4. The van der Waals surface area contributed by atoms with Gasteiger partial charge in [-0.05, 0) is 62.5 Å². The maximum Gasteiger partial charge on any atom is 0.0772 e. The van der Waals surface area contributed by atoms with Gasteiger partial charge in [0.15, 0.2) is 0 Å². The Morgan fingerprint density at radius 1 is 1.35 bits per heavy atom. The lowest BCUT2D eigenvalue weighted by Gasteiger charge is -2.37. The van der Waals surface area contributed by atoms with Gasteiger partial charge in [0.05, 0.1) is 11.3 Å². The summed E-state index contributed by atoms with van der Waals surface area (Å²) in [5, 5.41) is 14.3. The van der Waals surface area contributed by atoms with Gasteiger partial charge < -0.3 is 10.4 Å². The van der Waals surface area contributed by atoms with Crippen molar-refractivity contribution >= 4 is 0 Å². The van der Waals surface area contributed by atoms with Gasteiger partial charge in [-0.3, -0.25) is 4.98 Å². The van der Waals surface area contributed by atoms with Gasteiger partial charge >= 0.3 is 0 Å². The van der Waals surface area contributed by atoms with Crippen LogP contribution < -0.4 is 5.32 Å². The average molecular weight is 274 g/mol. The van der Waals surface area contributed by atoms with E-state index in [4.69, 9.17) is 0 Å².